The molecule has 0 unspecified atom stereocenters. The minimum absolute atomic E-state index is 0.308. The van der Waals surface area contributed by atoms with Crippen LogP contribution in [0.1, 0.15) is 6.92 Å². The lowest BCUT2D eigenvalue weighted by molar-refractivity contribution is -0.121. The number of ether oxygens (including phenoxy) is 1. The number of carbonyl (C=O) groups is 1. The van der Waals surface area contributed by atoms with Gasteiger partial charge in [0.05, 0.1) is 25.2 Å². The number of sulfonamides is 1. The number of hydrogen-bond donors (Lipinski definition) is 1. The van der Waals surface area contributed by atoms with E-state index < -0.39 is 16.1 Å². The number of amides is 1. The highest BCUT2D eigenvalue weighted by Gasteiger charge is 2.28. The summed E-state index contributed by atoms with van der Waals surface area (Å²) < 4.78 is 30.7. The van der Waals surface area contributed by atoms with Gasteiger partial charge in [0.25, 0.3) is 0 Å². The number of nitrogens with zero attached hydrogens (tertiary/aromatic N) is 2. The maximum Gasteiger partial charge on any atom is 0.243 e. The predicted molar refractivity (Wildman–Crippen MR) is 93.5 cm³/mol. The van der Waals surface area contributed by atoms with Crippen LogP contribution in [-0.4, -0.2) is 70.9 Å². The Bertz CT molecular complexity index is 630. The molecular formula is C16H25N3O4S. The van der Waals surface area contributed by atoms with Crippen LogP contribution in [0.2, 0.25) is 0 Å². The third kappa shape index (κ3) is 5.19. The summed E-state index contributed by atoms with van der Waals surface area (Å²) in [6, 6.07) is 7.84. The fraction of sp³-hybridized carbons (Fsp3) is 0.562. The van der Waals surface area contributed by atoms with E-state index in [2.05, 4.69) is 10.2 Å². The van der Waals surface area contributed by atoms with Crippen LogP contribution < -0.4 is 9.62 Å². The molecule has 0 spiro atoms. The fourth-order valence-electron chi connectivity index (χ4n) is 2.69. The smallest absolute Gasteiger partial charge is 0.243 e. The molecule has 0 bridgehead atoms. The largest absolute Gasteiger partial charge is 0.379 e. The zero-order chi connectivity index (χ0) is 17.6. The number of benzene rings is 1. The van der Waals surface area contributed by atoms with E-state index in [9.17, 15) is 13.2 Å². The zero-order valence-corrected chi connectivity index (χ0v) is 15.0. The second-order valence-corrected chi connectivity index (χ2v) is 7.67. The van der Waals surface area contributed by atoms with Crippen molar-refractivity contribution in [2.75, 3.05) is 50.0 Å². The minimum atomic E-state index is -3.56. The van der Waals surface area contributed by atoms with Gasteiger partial charge in [0.2, 0.25) is 15.9 Å². The van der Waals surface area contributed by atoms with E-state index in [1.807, 2.05) is 0 Å². The molecule has 1 N–H and O–H groups in total. The molecule has 134 valence electrons. The van der Waals surface area contributed by atoms with Gasteiger partial charge in [0.15, 0.2) is 0 Å². The molecular weight excluding hydrogens is 330 g/mol. The Morgan fingerprint density at radius 3 is 2.50 bits per heavy atom. The number of rotatable bonds is 7. The van der Waals surface area contributed by atoms with Crippen molar-refractivity contribution in [2.24, 2.45) is 0 Å². The van der Waals surface area contributed by atoms with Crippen molar-refractivity contribution in [1.82, 2.24) is 10.2 Å². The molecule has 1 amide bonds. The standard InChI is InChI=1S/C16H25N3O4S/c1-14(16(20)17-8-9-18-10-12-23-13-11-18)19(24(2,21)22)15-6-4-3-5-7-15/h3-7,14H,8-13H2,1-2H3,(H,17,20)/t14-/m0/s1. The van der Waals surface area contributed by atoms with E-state index in [0.29, 0.717) is 25.4 Å². The van der Waals surface area contributed by atoms with Gasteiger partial charge in [-0.15, -0.1) is 0 Å². The van der Waals surface area contributed by atoms with Gasteiger partial charge < -0.3 is 10.1 Å². The topological polar surface area (TPSA) is 79.0 Å². The van der Waals surface area contributed by atoms with E-state index in [0.717, 1.165) is 30.2 Å². The molecule has 1 aromatic rings. The lowest BCUT2D eigenvalue weighted by Gasteiger charge is -2.29. The molecule has 1 aromatic carbocycles. The van der Waals surface area contributed by atoms with Crippen LogP contribution in [0.15, 0.2) is 30.3 Å². The first-order chi connectivity index (χ1) is 11.4. The van der Waals surface area contributed by atoms with E-state index in [1.54, 1.807) is 37.3 Å². The van der Waals surface area contributed by atoms with Crippen molar-refractivity contribution in [1.29, 1.82) is 0 Å². The first-order valence-corrected chi connectivity index (χ1v) is 9.86. The van der Waals surface area contributed by atoms with Gasteiger partial charge in [-0.2, -0.15) is 0 Å². The molecule has 8 heteroatoms. The van der Waals surface area contributed by atoms with Gasteiger partial charge in [0, 0.05) is 26.2 Å². The highest BCUT2D eigenvalue weighted by molar-refractivity contribution is 7.92. The zero-order valence-electron chi connectivity index (χ0n) is 14.1. The second kappa shape index (κ2) is 8.46. The van der Waals surface area contributed by atoms with Crippen LogP contribution in [0, 0.1) is 0 Å². The van der Waals surface area contributed by atoms with Gasteiger partial charge in [-0.25, -0.2) is 8.42 Å². The van der Waals surface area contributed by atoms with Gasteiger partial charge >= 0.3 is 0 Å². The maximum atomic E-state index is 12.4. The Labute approximate surface area is 143 Å². The third-order valence-corrected chi connectivity index (χ3v) is 5.17. The highest BCUT2D eigenvalue weighted by atomic mass is 32.2. The first kappa shape index (κ1) is 18.7. The predicted octanol–water partition coefficient (Wildman–Crippen LogP) is 0.290. The molecule has 0 aliphatic carbocycles. The van der Waals surface area contributed by atoms with Crippen LogP contribution in [0.25, 0.3) is 0 Å². The number of hydrogen-bond acceptors (Lipinski definition) is 5. The average molecular weight is 355 g/mol. The quantitative estimate of drug-likeness (QED) is 0.761. The summed E-state index contributed by atoms with van der Waals surface area (Å²) in [7, 11) is -3.56. The molecule has 24 heavy (non-hydrogen) atoms. The molecule has 1 fully saturated rings. The number of nitrogens with one attached hydrogen (secondary N) is 1. The Morgan fingerprint density at radius 1 is 1.29 bits per heavy atom. The molecule has 0 aromatic heterocycles. The highest BCUT2D eigenvalue weighted by Crippen LogP contribution is 2.20. The van der Waals surface area contributed by atoms with Crippen molar-refractivity contribution < 1.29 is 17.9 Å². The second-order valence-electron chi connectivity index (χ2n) is 5.82. The normalized spacial score (nSPS) is 17.2. The Morgan fingerprint density at radius 2 is 1.92 bits per heavy atom. The van der Waals surface area contributed by atoms with Gasteiger partial charge in [0.1, 0.15) is 6.04 Å². The Balaban J connectivity index is 1.96. The number of anilines is 1. The number of carbonyl (C=O) groups excluding carboxylic acids is 1. The molecule has 1 atom stereocenters. The van der Waals surface area contributed by atoms with Crippen LogP contribution >= 0.6 is 0 Å². The fourth-order valence-corrected chi connectivity index (χ4v) is 3.87. The summed E-state index contributed by atoms with van der Waals surface area (Å²) >= 11 is 0. The van der Waals surface area contributed by atoms with Gasteiger partial charge in [-0.05, 0) is 19.1 Å². The van der Waals surface area contributed by atoms with E-state index in [1.165, 1.54) is 0 Å². The molecule has 1 heterocycles. The van der Waals surface area contributed by atoms with E-state index in [-0.39, 0.29) is 5.91 Å². The summed E-state index contributed by atoms with van der Waals surface area (Å²) in [5, 5.41) is 2.82. The summed E-state index contributed by atoms with van der Waals surface area (Å²) in [6.45, 7) is 5.93. The van der Waals surface area contributed by atoms with Crippen molar-refractivity contribution >= 4 is 21.6 Å². The summed E-state index contributed by atoms with van der Waals surface area (Å²) in [6.07, 6.45) is 1.11. The van der Waals surface area contributed by atoms with E-state index in [4.69, 9.17) is 4.74 Å². The maximum absolute atomic E-state index is 12.4. The molecule has 0 saturated carbocycles. The van der Waals surface area contributed by atoms with Crippen LogP contribution in [0.5, 0.6) is 0 Å². The lowest BCUT2D eigenvalue weighted by Crippen LogP contribution is -2.49. The minimum Gasteiger partial charge on any atom is -0.379 e. The molecule has 1 aliphatic rings. The van der Waals surface area contributed by atoms with Crippen LogP contribution in [0.4, 0.5) is 5.69 Å². The van der Waals surface area contributed by atoms with Crippen LogP contribution in [0.3, 0.4) is 0 Å². The molecule has 0 radical (unpaired) electrons. The van der Waals surface area contributed by atoms with Crippen molar-refractivity contribution in [3.05, 3.63) is 30.3 Å². The molecule has 1 aliphatic heterocycles. The number of morpholine rings is 1. The van der Waals surface area contributed by atoms with Crippen LogP contribution in [-0.2, 0) is 19.6 Å². The Hall–Kier alpha value is -1.64. The average Bonchev–Trinajstić information content (AvgIpc) is 2.55. The molecule has 1 saturated heterocycles. The van der Waals surface area contributed by atoms with E-state index >= 15 is 0 Å². The van der Waals surface area contributed by atoms with Gasteiger partial charge in [-0.3, -0.25) is 14.0 Å². The lowest BCUT2D eigenvalue weighted by atomic mass is 10.2. The van der Waals surface area contributed by atoms with Gasteiger partial charge in [-0.1, -0.05) is 18.2 Å². The van der Waals surface area contributed by atoms with Crippen molar-refractivity contribution in [2.45, 2.75) is 13.0 Å². The SMILES string of the molecule is C[C@@H](C(=O)NCCN1CCOCC1)N(c1ccccc1)S(C)(=O)=O. The Kier molecular flexibility index (Phi) is 6.59. The molecule has 7 nitrogen and oxygen atoms in total. The van der Waals surface area contributed by atoms with Crippen molar-refractivity contribution in [3.8, 4) is 0 Å². The summed E-state index contributed by atoms with van der Waals surface area (Å²) in [5.41, 5.74) is 0.482. The monoisotopic (exact) mass is 355 g/mol. The summed E-state index contributed by atoms with van der Waals surface area (Å²) in [5.74, 6) is -0.308. The molecule has 2 rings (SSSR count). The summed E-state index contributed by atoms with van der Waals surface area (Å²) in [4.78, 5) is 14.6. The first-order valence-electron chi connectivity index (χ1n) is 8.02. The number of para-hydroxylation sites is 1. The third-order valence-electron chi connectivity index (χ3n) is 3.93. The van der Waals surface area contributed by atoms with Crippen molar-refractivity contribution in [3.63, 3.8) is 0 Å².